The van der Waals surface area contributed by atoms with E-state index in [4.69, 9.17) is 4.74 Å². The van der Waals surface area contributed by atoms with Crippen LogP contribution in [0.5, 0.6) is 5.75 Å². The summed E-state index contributed by atoms with van der Waals surface area (Å²) in [5.74, 6) is 0.655. The zero-order valence-corrected chi connectivity index (χ0v) is 19.3. The summed E-state index contributed by atoms with van der Waals surface area (Å²) in [7, 11) is 0. The number of alkyl halides is 3. The van der Waals surface area contributed by atoms with Crippen molar-refractivity contribution < 1.29 is 32.9 Å². The largest absolute Gasteiger partial charge is 0.491 e. The highest BCUT2D eigenvalue weighted by molar-refractivity contribution is 6.00. The Kier molecular flexibility index (Phi) is 9.69. The molecule has 0 fully saturated rings. The quantitative estimate of drug-likeness (QED) is 0.269. The van der Waals surface area contributed by atoms with Crippen LogP contribution in [0.1, 0.15) is 11.1 Å². The first-order valence-corrected chi connectivity index (χ1v) is 11.3. The molecular formula is C26H28F3N3O4. The number of para-hydroxylation sites is 2. The zero-order chi connectivity index (χ0) is 26.0. The van der Waals surface area contributed by atoms with Crippen molar-refractivity contribution in [3.8, 4) is 5.75 Å². The van der Waals surface area contributed by atoms with Crippen molar-refractivity contribution in [2.75, 3.05) is 30.4 Å². The summed E-state index contributed by atoms with van der Waals surface area (Å²) < 4.78 is 44.8. The second kappa shape index (κ2) is 12.9. The van der Waals surface area contributed by atoms with Crippen LogP contribution in [-0.2, 0) is 12.6 Å². The fourth-order valence-corrected chi connectivity index (χ4v) is 3.40. The van der Waals surface area contributed by atoms with Gasteiger partial charge < -0.3 is 30.9 Å². The molecule has 3 aromatic carbocycles. The fraction of sp³-hybridized carbons (Fsp3) is 0.269. The molecule has 0 aliphatic rings. The number of benzene rings is 3. The van der Waals surface area contributed by atoms with Gasteiger partial charge in [0.1, 0.15) is 18.5 Å². The first-order valence-electron chi connectivity index (χ1n) is 11.3. The number of aliphatic hydroxyl groups excluding tert-OH is 2. The van der Waals surface area contributed by atoms with Crippen molar-refractivity contribution in [3.63, 3.8) is 0 Å². The Morgan fingerprint density at radius 3 is 2.25 bits per heavy atom. The number of anilines is 2. The number of hydrogen-bond donors (Lipinski definition) is 5. The summed E-state index contributed by atoms with van der Waals surface area (Å²) in [6.45, 7) is 0.162. The molecule has 7 nitrogen and oxygen atoms in total. The highest BCUT2D eigenvalue weighted by Crippen LogP contribution is 2.34. The van der Waals surface area contributed by atoms with Crippen LogP contribution in [0.2, 0.25) is 0 Å². The van der Waals surface area contributed by atoms with Gasteiger partial charge in [0.25, 0.3) is 0 Å². The van der Waals surface area contributed by atoms with Crippen LogP contribution in [0.4, 0.5) is 29.3 Å². The minimum absolute atomic E-state index is 0.102. The second-order valence-electron chi connectivity index (χ2n) is 8.09. The third kappa shape index (κ3) is 8.56. The third-order valence-electron chi connectivity index (χ3n) is 5.22. The van der Waals surface area contributed by atoms with Crippen LogP contribution in [-0.4, -0.2) is 48.1 Å². The number of urea groups is 1. The molecule has 5 N–H and O–H groups in total. The Balaban J connectivity index is 1.46. The lowest BCUT2D eigenvalue weighted by molar-refractivity contribution is -0.136. The van der Waals surface area contributed by atoms with Crippen LogP contribution >= 0.6 is 0 Å². The molecule has 0 spiro atoms. The number of rotatable bonds is 11. The van der Waals surface area contributed by atoms with Gasteiger partial charge in [0.15, 0.2) is 0 Å². The lowest BCUT2D eigenvalue weighted by Gasteiger charge is -2.19. The molecule has 36 heavy (non-hydrogen) atoms. The summed E-state index contributed by atoms with van der Waals surface area (Å²) in [6, 6.07) is 19.4. The minimum Gasteiger partial charge on any atom is -0.491 e. The molecule has 2 amide bonds. The van der Waals surface area contributed by atoms with E-state index >= 15 is 0 Å². The first kappa shape index (κ1) is 27.0. The van der Waals surface area contributed by atoms with Crippen molar-refractivity contribution in [2.45, 2.75) is 24.7 Å². The van der Waals surface area contributed by atoms with Gasteiger partial charge in [-0.05, 0) is 48.4 Å². The molecule has 0 saturated heterocycles. The zero-order valence-electron chi connectivity index (χ0n) is 19.3. The Morgan fingerprint density at radius 1 is 0.917 bits per heavy atom. The molecule has 0 heterocycles. The maximum atomic E-state index is 13.1. The summed E-state index contributed by atoms with van der Waals surface area (Å²) in [4.78, 5) is 12.2. The van der Waals surface area contributed by atoms with E-state index in [2.05, 4.69) is 16.0 Å². The summed E-state index contributed by atoms with van der Waals surface area (Å²) in [5, 5.41) is 27.6. The third-order valence-corrected chi connectivity index (χ3v) is 5.22. The van der Waals surface area contributed by atoms with Gasteiger partial charge in [0, 0.05) is 18.3 Å². The van der Waals surface area contributed by atoms with Crippen LogP contribution in [0.25, 0.3) is 0 Å². The number of nitrogens with one attached hydrogen (secondary N) is 3. The highest BCUT2D eigenvalue weighted by atomic mass is 19.4. The van der Waals surface area contributed by atoms with Crippen molar-refractivity contribution in [1.29, 1.82) is 0 Å². The maximum absolute atomic E-state index is 13.1. The number of aliphatic hydroxyl groups is 2. The van der Waals surface area contributed by atoms with Gasteiger partial charge in [-0.25, -0.2) is 4.79 Å². The Morgan fingerprint density at radius 2 is 1.58 bits per heavy atom. The molecule has 0 radical (unpaired) electrons. The molecule has 10 heteroatoms. The summed E-state index contributed by atoms with van der Waals surface area (Å²) >= 11 is 0. The smallest absolute Gasteiger partial charge is 0.418 e. The molecule has 3 rings (SSSR count). The summed E-state index contributed by atoms with van der Waals surface area (Å²) in [6.07, 6.45) is -4.91. The van der Waals surface area contributed by atoms with E-state index in [0.717, 1.165) is 11.6 Å². The van der Waals surface area contributed by atoms with Crippen LogP contribution in [0.3, 0.4) is 0 Å². The normalized spacial score (nSPS) is 13.0. The van der Waals surface area contributed by atoms with Gasteiger partial charge in [0.2, 0.25) is 0 Å². The standard InChI is InChI=1S/C26H28F3N3O4/c27-26(28,29)23-8-4-5-9-24(23)32-25(35)31-19-12-10-18(11-13-19)14-20(16-33)30-15-21(34)17-36-22-6-2-1-3-7-22/h1-13,20-21,30,33-34H,14-17H2,(H2,31,32,35)/t20-,21-/m0/s1. The van der Waals surface area contributed by atoms with E-state index in [1.807, 2.05) is 18.2 Å². The average molecular weight is 504 g/mol. The average Bonchev–Trinajstić information content (AvgIpc) is 2.86. The maximum Gasteiger partial charge on any atom is 0.418 e. The van der Waals surface area contributed by atoms with Crippen molar-refractivity contribution in [3.05, 3.63) is 90.0 Å². The van der Waals surface area contributed by atoms with Gasteiger partial charge >= 0.3 is 12.2 Å². The monoisotopic (exact) mass is 503 g/mol. The number of ether oxygens (including phenoxy) is 1. The molecular weight excluding hydrogens is 475 g/mol. The molecule has 0 aliphatic heterocycles. The molecule has 0 aromatic heterocycles. The van der Waals surface area contributed by atoms with E-state index in [0.29, 0.717) is 17.9 Å². The molecule has 3 aromatic rings. The lowest BCUT2D eigenvalue weighted by atomic mass is 10.1. The van der Waals surface area contributed by atoms with E-state index in [-0.39, 0.29) is 31.5 Å². The van der Waals surface area contributed by atoms with Gasteiger partial charge in [-0.2, -0.15) is 13.2 Å². The Hall–Kier alpha value is -3.60. The fourth-order valence-electron chi connectivity index (χ4n) is 3.40. The molecule has 0 saturated carbocycles. The number of amides is 2. The predicted octanol–water partition coefficient (Wildman–Crippen LogP) is 4.28. The van der Waals surface area contributed by atoms with Crippen molar-refractivity contribution in [1.82, 2.24) is 5.32 Å². The van der Waals surface area contributed by atoms with Crippen LogP contribution < -0.4 is 20.7 Å². The Bertz CT molecular complexity index is 1100. The highest BCUT2D eigenvalue weighted by Gasteiger charge is 2.33. The number of halogens is 3. The van der Waals surface area contributed by atoms with Crippen LogP contribution in [0, 0.1) is 0 Å². The summed E-state index contributed by atoms with van der Waals surface area (Å²) in [5.41, 5.74) is -0.0326. The molecule has 192 valence electrons. The predicted molar refractivity (Wildman–Crippen MR) is 131 cm³/mol. The van der Waals surface area contributed by atoms with Gasteiger partial charge in [0.05, 0.1) is 17.9 Å². The number of carbonyl (C=O) groups excluding carboxylic acids is 1. The Labute approximate surface area is 206 Å². The van der Waals surface area contributed by atoms with Gasteiger partial charge in [-0.15, -0.1) is 0 Å². The van der Waals surface area contributed by atoms with Gasteiger partial charge in [-0.1, -0.05) is 42.5 Å². The first-order chi connectivity index (χ1) is 17.2. The molecule has 2 atom stereocenters. The van der Waals surface area contributed by atoms with E-state index < -0.39 is 23.9 Å². The minimum atomic E-state index is -4.59. The van der Waals surface area contributed by atoms with Gasteiger partial charge in [-0.3, -0.25) is 0 Å². The SMILES string of the molecule is O=C(Nc1ccc(C[C@@H](CO)NC[C@H](O)COc2ccccc2)cc1)Nc1ccccc1C(F)(F)F. The van der Waals surface area contributed by atoms with E-state index in [1.165, 1.54) is 18.2 Å². The van der Waals surface area contributed by atoms with Crippen LogP contribution in [0.15, 0.2) is 78.9 Å². The lowest BCUT2D eigenvalue weighted by Crippen LogP contribution is -2.41. The van der Waals surface area contributed by atoms with E-state index in [9.17, 15) is 28.2 Å². The van der Waals surface area contributed by atoms with E-state index in [1.54, 1.807) is 36.4 Å². The van der Waals surface area contributed by atoms with Crippen molar-refractivity contribution >= 4 is 17.4 Å². The number of carbonyl (C=O) groups is 1. The second-order valence-corrected chi connectivity index (χ2v) is 8.09. The molecule has 0 unspecified atom stereocenters. The topological polar surface area (TPSA) is 103 Å². The number of hydrogen-bond acceptors (Lipinski definition) is 5. The molecule has 0 bridgehead atoms. The molecule has 0 aliphatic carbocycles. The van der Waals surface area contributed by atoms with Crippen molar-refractivity contribution in [2.24, 2.45) is 0 Å².